The Balaban J connectivity index is 1.25. The maximum atomic E-state index is 12.6. The second-order valence-corrected chi connectivity index (χ2v) is 9.42. The van der Waals surface area contributed by atoms with Crippen molar-refractivity contribution in [1.82, 2.24) is 15.8 Å². The van der Waals surface area contributed by atoms with E-state index >= 15 is 0 Å². The van der Waals surface area contributed by atoms with E-state index in [1.807, 2.05) is 36.4 Å². The minimum atomic E-state index is -0.330. The molecule has 2 heterocycles. The van der Waals surface area contributed by atoms with Crippen LogP contribution < -0.4 is 10.9 Å². The number of amides is 3. The van der Waals surface area contributed by atoms with Crippen molar-refractivity contribution in [2.75, 3.05) is 13.1 Å². The zero-order valence-corrected chi connectivity index (χ0v) is 18.0. The van der Waals surface area contributed by atoms with E-state index in [-0.39, 0.29) is 23.6 Å². The molecule has 3 amide bonds. The largest absolute Gasteiger partial charge is 0.336 e. The maximum Gasteiger partial charge on any atom is 0.336 e. The van der Waals surface area contributed by atoms with Gasteiger partial charge in [0.15, 0.2) is 5.78 Å². The number of thiophene rings is 1. The number of benzene rings is 1. The third-order valence-corrected chi connectivity index (χ3v) is 7.28. The number of fused-ring (bicyclic) bond motifs is 1. The number of carbonyl (C=O) groups is 3. The van der Waals surface area contributed by atoms with Gasteiger partial charge >= 0.3 is 6.03 Å². The first-order valence-corrected chi connectivity index (χ1v) is 11.4. The highest BCUT2D eigenvalue weighted by molar-refractivity contribution is 7.14. The Labute approximate surface area is 180 Å². The van der Waals surface area contributed by atoms with Crippen molar-refractivity contribution in [2.45, 2.75) is 39.0 Å². The maximum absolute atomic E-state index is 12.6. The van der Waals surface area contributed by atoms with Gasteiger partial charge < -0.3 is 4.90 Å². The van der Waals surface area contributed by atoms with E-state index in [9.17, 15) is 14.4 Å². The normalized spacial score (nSPS) is 19.1. The van der Waals surface area contributed by atoms with E-state index in [4.69, 9.17) is 0 Å². The van der Waals surface area contributed by atoms with Crippen LogP contribution in [-0.2, 0) is 12.8 Å². The number of hydrazine groups is 1. The van der Waals surface area contributed by atoms with Gasteiger partial charge in [-0.2, -0.15) is 0 Å². The van der Waals surface area contributed by atoms with Crippen LogP contribution in [-0.4, -0.2) is 35.7 Å². The van der Waals surface area contributed by atoms with Crippen LogP contribution in [0.1, 0.15) is 56.7 Å². The molecule has 7 heteroatoms. The number of Topliss-reactive ketones (excluding diaryl/α,β-unsaturated/α-hetero) is 1. The fourth-order valence-electron chi connectivity index (χ4n) is 4.25. The summed E-state index contributed by atoms with van der Waals surface area (Å²) in [6, 6.07) is 10.9. The third-order valence-electron chi connectivity index (χ3n) is 6.05. The number of hydrogen-bond acceptors (Lipinski definition) is 4. The third kappa shape index (κ3) is 4.56. The lowest BCUT2D eigenvalue weighted by Crippen LogP contribution is -2.51. The number of aryl methyl sites for hydroxylation is 1. The van der Waals surface area contributed by atoms with Crippen LogP contribution in [0.5, 0.6) is 0 Å². The van der Waals surface area contributed by atoms with Gasteiger partial charge in [0, 0.05) is 29.4 Å². The number of hydrogen-bond donors (Lipinski definition) is 2. The Morgan fingerprint density at radius 2 is 1.77 bits per heavy atom. The molecule has 0 saturated carbocycles. The number of ketones is 1. The molecule has 1 fully saturated rings. The number of urea groups is 1. The van der Waals surface area contributed by atoms with Crippen LogP contribution in [0, 0.1) is 11.8 Å². The number of nitrogens with zero attached hydrogens (tertiary/aromatic N) is 1. The Morgan fingerprint density at radius 1 is 1.03 bits per heavy atom. The molecule has 2 N–H and O–H groups in total. The molecule has 2 aromatic rings. The van der Waals surface area contributed by atoms with Crippen molar-refractivity contribution < 1.29 is 14.4 Å². The average Bonchev–Trinajstić information content (AvgIpc) is 3.21. The predicted octanol–water partition coefficient (Wildman–Crippen LogP) is 3.82. The molecule has 6 nitrogen and oxygen atoms in total. The molecular weight excluding hydrogens is 398 g/mol. The summed E-state index contributed by atoms with van der Waals surface area (Å²) in [6.45, 7) is 3.23. The lowest BCUT2D eigenvalue weighted by Gasteiger charge is -2.31. The summed E-state index contributed by atoms with van der Waals surface area (Å²) in [4.78, 5) is 41.0. The van der Waals surface area contributed by atoms with Crippen molar-refractivity contribution in [2.24, 2.45) is 11.8 Å². The van der Waals surface area contributed by atoms with Gasteiger partial charge in [0.1, 0.15) is 0 Å². The number of carbonyl (C=O) groups excluding carboxylic acids is 3. The van der Waals surface area contributed by atoms with Gasteiger partial charge in [-0.05, 0) is 49.7 Å². The molecule has 0 spiro atoms. The first-order chi connectivity index (χ1) is 14.5. The number of rotatable bonds is 3. The summed E-state index contributed by atoms with van der Waals surface area (Å²) in [5.41, 5.74) is 7.05. The Morgan fingerprint density at radius 3 is 2.50 bits per heavy atom. The van der Waals surface area contributed by atoms with Crippen LogP contribution in [0.25, 0.3) is 0 Å². The molecule has 1 aromatic heterocycles. The second-order valence-electron chi connectivity index (χ2n) is 8.28. The molecular formula is C23H27N3O3S. The molecule has 1 unspecified atom stereocenters. The zero-order chi connectivity index (χ0) is 21.1. The van der Waals surface area contributed by atoms with Gasteiger partial charge in [-0.15, -0.1) is 11.3 Å². The Bertz CT molecular complexity index is 932. The molecule has 1 atom stereocenters. The van der Waals surface area contributed by atoms with Gasteiger partial charge in [0.05, 0.1) is 4.88 Å². The van der Waals surface area contributed by atoms with Crippen molar-refractivity contribution in [1.29, 1.82) is 0 Å². The topological polar surface area (TPSA) is 78.5 Å². The number of piperidine rings is 1. The summed E-state index contributed by atoms with van der Waals surface area (Å²) >= 11 is 1.52. The fourth-order valence-corrected chi connectivity index (χ4v) is 5.36. The molecule has 0 radical (unpaired) electrons. The smallest absolute Gasteiger partial charge is 0.323 e. The van der Waals surface area contributed by atoms with Crippen LogP contribution in [0.15, 0.2) is 36.4 Å². The Kier molecular flexibility index (Phi) is 6.18. The molecule has 30 heavy (non-hydrogen) atoms. The quantitative estimate of drug-likeness (QED) is 0.580. The highest BCUT2D eigenvalue weighted by Crippen LogP contribution is 2.32. The lowest BCUT2D eigenvalue weighted by atomic mass is 9.89. The SMILES string of the molecule is CC1CCc2sc(C(=O)NNC(=O)N3CCC(C(=O)c4ccccc4)CC3)cc2C1. The van der Waals surface area contributed by atoms with E-state index in [1.165, 1.54) is 21.8 Å². The Hall–Kier alpha value is -2.67. The standard InChI is InChI=1S/C23H27N3O3S/c1-15-7-8-19-18(13-15)14-20(30-19)22(28)24-25-23(29)26-11-9-17(10-12-26)21(27)16-5-3-2-4-6-16/h2-6,14-15,17H,7-13H2,1H3,(H,24,28)(H,25,29). The van der Waals surface area contributed by atoms with Gasteiger partial charge in [-0.25, -0.2) is 10.2 Å². The molecule has 1 aliphatic carbocycles. The van der Waals surface area contributed by atoms with Crippen molar-refractivity contribution >= 4 is 29.1 Å². The monoisotopic (exact) mass is 425 g/mol. The van der Waals surface area contributed by atoms with Crippen LogP contribution >= 0.6 is 11.3 Å². The van der Waals surface area contributed by atoms with Crippen molar-refractivity contribution in [3.8, 4) is 0 Å². The first-order valence-electron chi connectivity index (χ1n) is 10.6. The van der Waals surface area contributed by atoms with E-state index in [0.717, 1.165) is 24.8 Å². The zero-order valence-electron chi connectivity index (χ0n) is 17.1. The van der Waals surface area contributed by atoms with Crippen LogP contribution in [0.4, 0.5) is 4.79 Å². The summed E-state index contributed by atoms with van der Waals surface area (Å²) in [5.74, 6) is 0.453. The molecule has 1 saturated heterocycles. The van der Waals surface area contributed by atoms with Crippen molar-refractivity contribution in [3.05, 3.63) is 57.3 Å². The molecule has 4 rings (SSSR count). The van der Waals surface area contributed by atoms with E-state index in [1.54, 1.807) is 4.90 Å². The molecule has 158 valence electrons. The molecule has 0 bridgehead atoms. The number of nitrogens with one attached hydrogen (secondary N) is 2. The fraction of sp³-hybridized carbons (Fsp3) is 0.435. The van der Waals surface area contributed by atoms with Gasteiger partial charge in [-0.3, -0.25) is 15.0 Å². The second kappa shape index (κ2) is 9.00. The predicted molar refractivity (Wildman–Crippen MR) is 117 cm³/mol. The van der Waals surface area contributed by atoms with Crippen LogP contribution in [0.3, 0.4) is 0 Å². The lowest BCUT2D eigenvalue weighted by molar-refractivity contribution is 0.0850. The molecule has 2 aliphatic rings. The highest BCUT2D eigenvalue weighted by atomic mass is 32.1. The van der Waals surface area contributed by atoms with Gasteiger partial charge in [0.2, 0.25) is 0 Å². The minimum Gasteiger partial charge on any atom is -0.323 e. The van der Waals surface area contributed by atoms with E-state index in [0.29, 0.717) is 36.7 Å². The van der Waals surface area contributed by atoms with Crippen LogP contribution in [0.2, 0.25) is 0 Å². The first kappa shape index (κ1) is 20.6. The summed E-state index contributed by atoms with van der Waals surface area (Å²) in [6.07, 6.45) is 4.46. The van der Waals surface area contributed by atoms with Crippen molar-refractivity contribution in [3.63, 3.8) is 0 Å². The molecule has 1 aromatic carbocycles. The van der Waals surface area contributed by atoms with Gasteiger partial charge in [0.25, 0.3) is 5.91 Å². The van der Waals surface area contributed by atoms with E-state index in [2.05, 4.69) is 17.8 Å². The summed E-state index contributed by atoms with van der Waals surface area (Å²) in [7, 11) is 0. The summed E-state index contributed by atoms with van der Waals surface area (Å²) in [5, 5.41) is 0. The molecule has 1 aliphatic heterocycles. The summed E-state index contributed by atoms with van der Waals surface area (Å²) < 4.78 is 0. The highest BCUT2D eigenvalue weighted by Gasteiger charge is 2.28. The average molecular weight is 426 g/mol. The van der Waals surface area contributed by atoms with E-state index < -0.39 is 0 Å². The number of likely N-dealkylation sites (tertiary alicyclic amines) is 1. The van der Waals surface area contributed by atoms with Gasteiger partial charge in [-0.1, -0.05) is 37.3 Å². The minimum absolute atomic E-state index is 0.0640.